The Morgan fingerprint density at radius 3 is 2.50 bits per heavy atom. The minimum absolute atomic E-state index is 0.0264. The molecule has 1 N–H and O–H groups in total. The van der Waals surface area contributed by atoms with E-state index in [9.17, 15) is 0 Å². The lowest BCUT2D eigenvalue weighted by molar-refractivity contribution is 0.281. The van der Waals surface area contributed by atoms with Gasteiger partial charge >= 0.3 is 0 Å². The van der Waals surface area contributed by atoms with Crippen molar-refractivity contribution in [2.24, 2.45) is 0 Å². The number of hydrogen-bond donors (Lipinski definition) is 1. The Bertz CT molecular complexity index is 512. The van der Waals surface area contributed by atoms with E-state index >= 15 is 0 Å². The van der Waals surface area contributed by atoms with Crippen LogP contribution in [0, 0.1) is 0 Å². The zero-order valence-corrected chi connectivity index (χ0v) is 10.4. The summed E-state index contributed by atoms with van der Waals surface area (Å²) in [4.78, 5) is 10.2. The summed E-state index contributed by atoms with van der Waals surface area (Å²) in [5.74, 6) is 1.76. The Kier molecular flexibility index (Phi) is 3.74. The van der Waals surface area contributed by atoms with Crippen LogP contribution in [0.5, 0.6) is 11.6 Å². The summed E-state index contributed by atoms with van der Waals surface area (Å²) in [5, 5.41) is 8.95. The van der Waals surface area contributed by atoms with Crippen LogP contribution in [0.2, 0.25) is 0 Å². The van der Waals surface area contributed by atoms with Crippen LogP contribution in [-0.4, -0.2) is 29.2 Å². The third kappa shape index (κ3) is 2.95. The van der Waals surface area contributed by atoms with E-state index in [0.717, 1.165) is 5.56 Å². The summed E-state index contributed by atoms with van der Waals surface area (Å²) in [6, 6.07) is 8.91. The topological polar surface area (TPSA) is 58.5 Å². The minimum atomic E-state index is 0.0264. The number of aromatic nitrogens is 2. The lowest BCUT2D eigenvalue weighted by Gasteiger charge is -2.11. The van der Waals surface area contributed by atoms with Crippen LogP contribution < -0.4 is 9.64 Å². The van der Waals surface area contributed by atoms with E-state index < -0.39 is 0 Å². The fourth-order valence-corrected chi connectivity index (χ4v) is 1.39. The average molecular weight is 245 g/mol. The van der Waals surface area contributed by atoms with E-state index in [1.807, 2.05) is 31.1 Å². The molecule has 0 fully saturated rings. The molecule has 0 radical (unpaired) electrons. The number of benzene rings is 1. The zero-order chi connectivity index (χ0) is 13.0. The Hall–Kier alpha value is -2.14. The second-order valence-corrected chi connectivity index (χ2v) is 3.99. The average Bonchev–Trinajstić information content (AvgIpc) is 2.40. The smallest absolute Gasteiger partial charge is 0.228 e. The van der Waals surface area contributed by atoms with Crippen LogP contribution in [0.4, 0.5) is 5.95 Å². The quantitative estimate of drug-likeness (QED) is 0.890. The molecule has 0 saturated carbocycles. The lowest BCUT2D eigenvalue weighted by atomic mass is 10.2. The Labute approximate surface area is 106 Å². The molecule has 0 amide bonds. The Morgan fingerprint density at radius 2 is 1.89 bits per heavy atom. The van der Waals surface area contributed by atoms with E-state index in [1.165, 1.54) is 0 Å². The predicted octanol–water partition coefficient (Wildman–Crippen LogP) is 1.83. The Morgan fingerprint density at radius 1 is 1.17 bits per heavy atom. The van der Waals surface area contributed by atoms with Gasteiger partial charge in [-0.2, -0.15) is 4.98 Å². The maximum Gasteiger partial charge on any atom is 0.228 e. The number of nitrogens with zero attached hydrogens (tertiary/aromatic N) is 3. The van der Waals surface area contributed by atoms with Gasteiger partial charge < -0.3 is 14.7 Å². The van der Waals surface area contributed by atoms with Crippen LogP contribution in [0.1, 0.15) is 5.56 Å². The van der Waals surface area contributed by atoms with Crippen LogP contribution in [0.25, 0.3) is 0 Å². The van der Waals surface area contributed by atoms with Crippen LogP contribution in [0.15, 0.2) is 36.5 Å². The molecule has 18 heavy (non-hydrogen) atoms. The maximum absolute atomic E-state index is 8.95. The van der Waals surface area contributed by atoms with Gasteiger partial charge in [0, 0.05) is 26.4 Å². The first-order valence-electron chi connectivity index (χ1n) is 5.57. The molecule has 2 rings (SSSR count). The van der Waals surface area contributed by atoms with Gasteiger partial charge in [0.2, 0.25) is 11.8 Å². The number of aliphatic hydroxyl groups is 1. The van der Waals surface area contributed by atoms with Gasteiger partial charge in [0.05, 0.1) is 6.61 Å². The molecule has 2 aromatic rings. The predicted molar refractivity (Wildman–Crippen MR) is 68.8 cm³/mol. The molecule has 94 valence electrons. The second-order valence-electron chi connectivity index (χ2n) is 3.99. The monoisotopic (exact) mass is 245 g/mol. The SMILES string of the molecule is CN(C)c1nccc(Oc2ccc(CO)cc2)n1. The van der Waals surface area contributed by atoms with E-state index in [4.69, 9.17) is 9.84 Å². The number of hydrogen-bond acceptors (Lipinski definition) is 5. The summed E-state index contributed by atoms with van der Waals surface area (Å²) in [7, 11) is 3.74. The van der Waals surface area contributed by atoms with Crippen molar-refractivity contribution in [2.45, 2.75) is 6.61 Å². The summed E-state index contributed by atoms with van der Waals surface area (Å²) in [6.07, 6.45) is 1.65. The summed E-state index contributed by atoms with van der Waals surface area (Å²) < 4.78 is 5.61. The molecule has 0 spiro atoms. The molecule has 5 heteroatoms. The highest BCUT2D eigenvalue weighted by molar-refractivity contribution is 5.33. The van der Waals surface area contributed by atoms with Crippen LogP contribution in [0.3, 0.4) is 0 Å². The molecule has 0 aliphatic carbocycles. The zero-order valence-electron chi connectivity index (χ0n) is 10.4. The summed E-state index contributed by atoms with van der Waals surface area (Å²) in [6.45, 7) is 0.0264. The molecule has 0 saturated heterocycles. The summed E-state index contributed by atoms with van der Waals surface area (Å²) >= 11 is 0. The van der Waals surface area contributed by atoms with Crippen molar-refractivity contribution in [2.75, 3.05) is 19.0 Å². The first kappa shape index (κ1) is 12.3. The van der Waals surface area contributed by atoms with Crippen molar-refractivity contribution in [1.82, 2.24) is 9.97 Å². The van der Waals surface area contributed by atoms with Crippen molar-refractivity contribution in [1.29, 1.82) is 0 Å². The highest BCUT2D eigenvalue weighted by Gasteiger charge is 2.03. The fourth-order valence-electron chi connectivity index (χ4n) is 1.39. The van der Waals surface area contributed by atoms with Gasteiger partial charge in [0.1, 0.15) is 5.75 Å². The number of aliphatic hydroxyl groups excluding tert-OH is 1. The van der Waals surface area contributed by atoms with Gasteiger partial charge in [-0.15, -0.1) is 0 Å². The van der Waals surface area contributed by atoms with Crippen LogP contribution in [-0.2, 0) is 6.61 Å². The third-order valence-electron chi connectivity index (χ3n) is 2.35. The largest absolute Gasteiger partial charge is 0.439 e. The number of ether oxygens (including phenoxy) is 1. The first-order valence-corrected chi connectivity index (χ1v) is 5.57. The molecular formula is C13H15N3O2. The molecule has 1 aromatic heterocycles. The Balaban J connectivity index is 2.15. The van der Waals surface area contributed by atoms with Gasteiger partial charge in [0.25, 0.3) is 0 Å². The molecule has 0 aliphatic heterocycles. The van der Waals surface area contributed by atoms with Gasteiger partial charge in [-0.25, -0.2) is 4.98 Å². The molecule has 0 bridgehead atoms. The van der Waals surface area contributed by atoms with Gasteiger partial charge in [0.15, 0.2) is 0 Å². The van der Waals surface area contributed by atoms with E-state index in [0.29, 0.717) is 17.6 Å². The number of anilines is 1. The molecule has 0 atom stereocenters. The van der Waals surface area contributed by atoms with Crippen LogP contribution >= 0.6 is 0 Å². The second kappa shape index (κ2) is 5.46. The molecule has 1 heterocycles. The standard InChI is InChI=1S/C13H15N3O2/c1-16(2)13-14-8-7-12(15-13)18-11-5-3-10(9-17)4-6-11/h3-8,17H,9H2,1-2H3. The van der Waals surface area contributed by atoms with E-state index in [2.05, 4.69) is 9.97 Å². The fraction of sp³-hybridized carbons (Fsp3) is 0.231. The minimum Gasteiger partial charge on any atom is -0.439 e. The highest BCUT2D eigenvalue weighted by Crippen LogP contribution is 2.20. The van der Waals surface area contributed by atoms with E-state index in [-0.39, 0.29) is 6.61 Å². The van der Waals surface area contributed by atoms with Gasteiger partial charge in [-0.05, 0) is 17.7 Å². The third-order valence-corrected chi connectivity index (χ3v) is 2.35. The first-order chi connectivity index (χ1) is 8.69. The normalized spacial score (nSPS) is 10.2. The van der Waals surface area contributed by atoms with E-state index in [1.54, 1.807) is 24.4 Å². The molecule has 0 unspecified atom stereocenters. The molecule has 5 nitrogen and oxygen atoms in total. The molecule has 0 aliphatic rings. The molecule has 1 aromatic carbocycles. The van der Waals surface area contributed by atoms with Gasteiger partial charge in [-0.3, -0.25) is 0 Å². The lowest BCUT2D eigenvalue weighted by Crippen LogP contribution is -2.12. The summed E-state index contributed by atoms with van der Waals surface area (Å²) in [5.41, 5.74) is 0.846. The van der Waals surface area contributed by atoms with Crippen molar-refractivity contribution in [3.8, 4) is 11.6 Å². The van der Waals surface area contributed by atoms with Crippen molar-refractivity contribution >= 4 is 5.95 Å². The van der Waals surface area contributed by atoms with Gasteiger partial charge in [-0.1, -0.05) is 12.1 Å². The van der Waals surface area contributed by atoms with Crippen molar-refractivity contribution in [3.63, 3.8) is 0 Å². The highest BCUT2D eigenvalue weighted by atomic mass is 16.5. The van der Waals surface area contributed by atoms with Crippen molar-refractivity contribution in [3.05, 3.63) is 42.1 Å². The molecular weight excluding hydrogens is 230 g/mol. The maximum atomic E-state index is 8.95. The number of rotatable bonds is 4. The van der Waals surface area contributed by atoms with Crippen molar-refractivity contribution < 1.29 is 9.84 Å².